The quantitative estimate of drug-likeness (QED) is 0.388. The first kappa shape index (κ1) is 26.3. The van der Waals surface area contributed by atoms with Gasteiger partial charge < -0.3 is 20.0 Å². The van der Waals surface area contributed by atoms with Crippen molar-refractivity contribution in [2.45, 2.75) is 11.3 Å². The van der Waals surface area contributed by atoms with Crippen molar-refractivity contribution in [1.29, 1.82) is 0 Å². The molecule has 2 heterocycles. The molecule has 1 saturated heterocycles. The minimum atomic E-state index is -3.98. The SMILES string of the molecule is O=C(CCNC(=O)c1ccc(N2CCN(c3ncccn3)CC2)c(Cl)c1)ONS(=O)(=O)c1ccccc1. The molecule has 1 aliphatic heterocycles. The predicted molar refractivity (Wildman–Crippen MR) is 138 cm³/mol. The molecule has 0 spiro atoms. The molecule has 0 unspecified atom stereocenters. The van der Waals surface area contributed by atoms with Gasteiger partial charge in [0, 0.05) is 50.7 Å². The second-order valence-electron chi connectivity index (χ2n) is 8.07. The lowest BCUT2D eigenvalue weighted by Crippen LogP contribution is -2.47. The first-order chi connectivity index (χ1) is 17.8. The number of anilines is 2. The summed E-state index contributed by atoms with van der Waals surface area (Å²) in [6, 6.07) is 14.3. The molecule has 194 valence electrons. The Labute approximate surface area is 219 Å². The van der Waals surface area contributed by atoms with E-state index in [1.807, 2.05) is 0 Å². The Balaban J connectivity index is 1.23. The molecule has 11 nitrogen and oxygen atoms in total. The summed E-state index contributed by atoms with van der Waals surface area (Å²) in [6.07, 6.45) is 3.20. The summed E-state index contributed by atoms with van der Waals surface area (Å²) in [4.78, 5) is 43.6. The Bertz CT molecular complexity index is 1340. The molecule has 1 aromatic heterocycles. The summed E-state index contributed by atoms with van der Waals surface area (Å²) >= 11 is 6.48. The monoisotopic (exact) mass is 544 g/mol. The van der Waals surface area contributed by atoms with Gasteiger partial charge in [0.2, 0.25) is 5.95 Å². The molecule has 2 N–H and O–H groups in total. The molecule has 1 fully saturated rings. The van der Waals surface area contributed by atoms with Crippen LogP contribution in [0.4, 0.5) is 11.6 Å². The first-order valence-electron chi connectivity index (χ1n) is 11.4. The molecule has 1 amide bonds. The fourth-order valence-electron chi connectivity index (χ4n) is 3.69. The van der Waals surface area contributed by atoms with Crippen LogP contribution in [0.1, 0.15) is 16.8 Å². The molecular weight excluding hydrogens is 520 g/mol. The third-order valence-electron chi connectivity index (χ3n) is 5.60. The van der Waals surface area contributed by atoms with E-state index < -0.39 is 21.9 Å². The van der Waals surface area contributed by atoms with Gasteiger partial charge in [-0.15, -0.1) is 0 Å². The van der Waals surface area contributed by atoms with Crippen LogP contribution in [0.2, 0.25) is 5.02 Å². The summed E-state index contributed by atoms with van der Waals surface area (Å²) in [7, 11) is -3.98. The molecule has 0 bridgehead atoms. The van der Waals surface area contributed by atoms with Crippen LogP contribution in [0.25, 0.3) is 0 Å². The van der Waals surface area contributed by atoms with Crippen LogP contribution < -0.4 is 20.0 Å². The Morgan fingerprint density at radius 1 is 0.946 bits per heavy atom. The summed E-state index contributed by atoms with van der Waals surface area (Å²) in [5.41, 5.74) is 1.16. The Hall–Kier alpha value is -3.74. The van der Waals surface area contributed by atoms with Crippen molar-refractivity contribution in [2.75, 3.05) is 42.5 Å². The molecule has 13 heteroatoms. The highest BCUT2D eigenvalue weighted by atomic mass is 35.5. The van der Waals surface area contributed by atoms with E-state index in [-0.39, 0.29) is 17.9 Å². The second kappa shape index (κ2) is 12.0. The van der Waals surface area contributed by atoms with Crippen LogP contribution in [0, 0.1) is 0 Å². The van der Waals surface area contributed by atoms with E-state index in [0.717, 1.165) is 31.9 Å². The number of nitrogens with one attached hydrogen (secondary N) is 2. The largest absolute Gasteiger partial charge is 0.367 e. The predicted octanol–water partition coefficient (Wildman–Crippen LogP) is 2.01. The highest BCUT2D eigenvalue weighted by Gasteiger charge is 2.21. The van der Waals surface area contributed by atoms with Crippen LogP contribution >= 0.6 is 11.6 Å². The number of amides is 1. The number of piperazine rings is 1. The van der Waals surface area contributed by atoms with Crippen molar-refractivity contribution >= 4 is 45.1 Å². The minimum Gasteiger partial charge on any atom is -0.367 e. The lowest BCUT2D eigenvalue weighted by molar-refractivity contribution is -0.146. The average Bonchev–Trinajstić information content (AvgIpc) is 2.93. The fraction of sp³-hybridized carbons (Fsp3) is 0.250. The molecule has 1 aliphatic rings. The van der Waals surface area contributed by atoms with E-state index in [9.17, 15) is 18.0 Å². The molecule has 0 atom stereocenters. The van der Waals surface area contributed by atoms with Crippen molar-refractivity contribution in [3.63, 3.8) is 0 Å². The van der Waals surface area contributed by atoms with Gasteiger partial charge in [-0.2, -0.15) is 0 Å². The standard InChI is InChI=1S/C24H25ClN6O5S/c25-20-17-18(7-8-21(20)30-13-15-31(16-14-30)24-27-10-4-11-28-24)23(33)26-12-9-22(32)36-29-37(34,35)19-5-2-1-3-6-19/h1-8,10-11,17,29H,9,12-16H2,(H,26,33). The maximum Gasteiger partial charge on any atom is 0.327 e. The van der Waals surface area contributed by atoms with Gasteiger partial charge in [0.15, 0.2) is 0 Å². The highest BCUT2D eigenvalue weighted by Crippen LogP contribution is 2.28. The Morgan fingerprint density at radius 3 is 2.30 bits per heavy atom. The van der Waals surface area contributed by atoms with Crippen molar-refractivity contribution in [1.82, 2.24) is 20.2 Å². The summed E-state index contributed by atoms with van der Waals surface area (Å²) in [6.45, 7) is 2.87. The van der Waals surface area contributed by atoms with Gasteiger partial charge in [0.25, 0.3) is 15.9 Å². The maximum atomic E-state index is 12.5. The third-order valence-corrected chi connectivity index (χ3v) is 7.10. The number of nitrogens with zero attached hydrogens (tertiary/aromatic N) is 4. The van der Waals surface area contributed by atoms with Crippen molar-refractivity contribution in [3.8, 4) is 0 Å². The molecule has 4 rings (SSSR count). The minimum absolute atomic E-state index is 0.0384. The third kappa shape index (κ3) is 6.94. The molecule has 0 aliphatic carbocycles. The first-order valence-corrected chi connectivity index (χ1v) is 13.3. The van der Waals surface area contributed by atoms with Gasteiger partial charge in [-0.3, -0.25) is 9.59 Å². The molecular formula is C24H25ClN6O5S. The summed E-state index contributed by atoms with van der Waals surface area (Å²) < 4.78 is 24.2. The maximum absolute atomic E-state index is 12.5. The van der Waals surface area contributed by atoms with E-state index in [1.165, 1.54) is 12.1 Å². The number of sulfonamides is 1. The number of benzene rings is 2. The number of rotatable bonds is 9. The highest BCUT2D eigenvalue weighted by molar-refractivity contribution is 7.89. The van der Waals surface area contributed by atoms with E-state index in [0.29, 0.717) is 16.5 Å². The van der Waals surface area contributed by atoms with E-state index in [2.05, 4.69) is 29.9 Å². The van der Waals surface area contributed by atoms with Gasteiger partial charge in [0.1, 0.15) is 0 Å². The Morgan fingerprint density at radius 2 is 1.62 bits per heavy atom. The molecule has 37 heavy (non-hydrogen) atoms. The van der Waals surface area contributed by atoms with Crippen LogP contribution in [0.3, 0.4) is 0 Å². The van der Waals surface area contributed by atoms with Crippen LogP contribution in [-0.2, 0) is 19.7 Å². The van der Waals surface area contributed by atoms with Crippen LogP contribution in [-0.4, -0.2) is 63.0 Å². The normalized spacial score (nSPS) is 13.8. The zero-order valence-electron chi connectivity index (χ0n) is 19.7. The summed E-state index contributed by atoms with van der Waals surface area (Å²) in [5, 5.41) is 3.04. The number of carbonyl (C=O) groups excluding carboxylic acids is 2. The van der Waals surface area contributed by atoms with Crippen LogP contribution in [0.5, 0.6) is 0 Å². The van der Waals surface area contributed by atoms with Crippen molar-refractivity contribution in [3.05, 3.63) is 77.6 Å². The lowest BCUT2D eigenvalue weighted by atomic mass is 10.1. The smallest absolute Gasteiger partial charge is 0.327 e. The zero-order chi connectivity index (χ0) is 26.3. The number of hydrogen-bond acceptors (Lipinski definition) is 9. The average molecular weight is 545 g/mol. The number of carbonyl (C=O) groups is 2. The summed E-state index contributed by atoms with van der Waals surface area (Å²) in [5.74, 6) is -0.567. The number of hydrogen-bond donors (Lipinski definition) is 2. The molecule has 2 aromatic carbocycles. The zero-order valence-corrected chi connectivity index (χ0v) is 21.3. The lowest BCUT2D eigenvalue weighted by Gasteiger charge is -2.36. The van der Waals surface area contributed by atoms with Crippen LogP contribution in [0.15, 0.2) is 71.9 Å². The molecule has 0 radical (unpaired) electrons. The van der Waals surface area contributed by atoms with Crippen molar-refractivity contribution < 1.29 is 22.8 Å². The number of aromatic nitrogens is 2. The van der Waals surface area contributed by atoms with E-state index in [4.69, 9.17) is 11.6 Å². The Kier molecular flexibility index (Phi) is 8.54. The van der Waals surface area contributed by atoms with Gasteiger partial charge in [-0.1, -0.05) is 29.8 Å². The second-order valence-corrected chi connectivity index (χ2v) is 10.1. The number of halogens is 1. The molecule has 0 saturated carbocycles. The van der Waals surface area contributed by atoms with Gasteiger partial charge >= 0.3 is 5.97 Å². The van der Waals surface area contributed by atoms with Gasteiger partial charge in [0.05, 0.1) is 22.0 Å². The topological polar surface area (TPSA) is 134 Å². The van der Waals surface area contributed by atoms with Gasteiger partial charge in [-0.25, -0.2) is 18.4 Å². The van der Waals surface area contributed by atoms with E-state index >= 15 is 0 Å². The van der Waals surface area contributed by atoms with Crippen molar-refractivity contribution in [2.24, 2.45) is 0 Å². The van der Waals surface area contributed by atoms with Gasteiger partial charge in [-0.05, 0) is 41.3 Å². The van der Waals surface area contributed by atoms with E-state index in [1.54, 1.807) is 59.7 Å². The fourth-order valence-corrected chi connectivity index (χ4v) is 4.80. The molecule has 3 aromatic rings.